The number of aromatic nitrogens is 1. The van der Waals surface area contributed by atoms with Gasteiger partial charge in [0.25, 0.3) is 0 Å². The molecule has 37 heavy (non-hydrogen) atoms. The van der Waals surface area contributed by atoms with Crippen LogP contribution in [0.15, 0.2) is 30.6 Å². The first-order valence-electron chi connectivity index (χ1n) is 12.1. The Morgan fingerprint density at radius 2 is 1.81 bits per heavy atom. The topological polar surface area (TPSA) is 162 Å². The van der Waals surface area contributed by atoms with Gasteiger partial charge in [0.05, 0.1) is 24.2 Å². The van der Waals surface area contributed by atoms with Crippen molar-refractivity contribution < 1.29 is 44.5 Å². The summed E-state index contributed by atoms with van der Waals surface area (Å²) in [5, 5.41) is 54.4. The monoisotopic (exact) mass is 515 g/mol. The molecule has 2 heterocycles. The van der Waals surface area contributed by atoms with Crippen molar-refractivity contribution >= 4 is 16.6 Å². The maximum atomic E-state index is 12.2. The fourth-order valence-corrected chi connectivity index (χ4v) is 4.95. The molecule has 4 rings (SSSR count). The van der Waals surface area contributed by atoms with E-state index >= 15 is 0 Å². The lowest BCUT2D eigenvalue weighted by molar-refractivity contribution is -0.287. The third-order valence-corrected chi connectivity index (χ3v) is 6.90. The molecule has 1 aliphatic heterocycles. The van der Waals surface area contributed by atoms with E-state index in [4.69, 9.17) is 14.2 Å². The SMILES string of the molecule is CCc1c[nH]cc1CC(O)C1OC(Oc2cc(OC)cc3cc(C)c(C(C)=O)c(O)c23)C(O)C(O)C1O. The number of H-pyrrole nitrogens is 1. The Labute approximate surface area is 214 Å². The van der Waals surface area contributed by atoms with Crippen LogP contribution < -0.4 is 9.47 Å². The Morgan fingerprint density at radius 1 is 1.11 bits per heavy atom. The Kier molecular flexibility index (Phi) is 7.77. The Balaban J connectivity index is 1.70. The molecule has 6 N–H and O–H groups in total. The second kappa shape index (κ2) is 10.7. The van der Waals surface area contributed by atoms with Gasteiger partial charge in [-0.25, -0.2) is 0 Å². The second-order valence-electron chi connectivity index (χ2n) is 9.39. The number of phenols is 1. The lowest BCUT2D eigenvalue weighted by atomic mass is 9.92. The molecular weight excluding hydrogens is 482 g/mol. The van der Waals surface area contributed by atoms with Crippen LogP contribution in [0.1, 0.15) is 40.9 Å². The molecule has 0 aliphatic carbocycles. The van der Waals surface area contributed by atoms with Crippen molar-refractivity contribution in [3.63, 3.8) is 0 Å². The number of rotatable bonds is 8. The molecule has 2 aromatic carbocycles. The third kappa shape index (κ3) is 5.03. The van der Waals surface area contributed by atoms with Crippen LogP contribution in [0.2, 0.25) is 0 Å². The molecule has 1 saturated heterocycles. The predicted molar refractivity (Wildman–Crippen MR) is 134 cm³/mol. The number of ketones is 1. The van der Waals surface area contributed by atoms with Gasteiger partial charge < -0.3 is 44.7 Å². The highest BCUT2D eigenvalue weighted by atomic mass is 16.7. The number of carbonyl (C=O) groups excluding carboxylic acids is 1. The van der Waals surface area contributed by atoms with Gasteiger partial charge in [0.1, 0.15) is 41.7 Å². The first kappa shape index (κ1) is 26.9. The van der Waals surface area contributed by atoms with Gasteiger partial charge in [-0.2, -0.15) is 0 Å². The van der Waals surface area contributed by atoms with E-state index in [1.165, 1.54) is 20.1 Å². The molecule has 1 aromatic heterocycles. The van der Waals surface area contributed by atoms with Crippen molar-refractivity contribution in [2.45, 2.75) is 70.4 Å². The number of benzene rings is 2. The minimum absolute atomic E-state index is 0.0223. The summed E-state index contributed by atoms with van der Waals surface area (Å²) in [6.07, 6.45) is -4.56. The van der Waals surface area contributed by atoms with Gasteiger partial charge in [0.2, 0.25) is 6.29 Å². The van der Waals surface area contributed by atoms with Crippen molar-refractivity contribution in [1.82, 2.24) is 4.98 Å². The fourth-order valence-electron chi connectivity index (χ4n) is 4.95. The molecule has 0 spiro atoms. The molecule has 6 unspecified atom stereocenters. The highest BCUT2D eigenvalue weighted by Crippen LogP contribution is 2.42. The number of Topliss-reactive ketones (excluding diaryl/α,β-unsaturated/α-hetero) is 1. The minimum atomic E-state index is -1.68. The number of methoxy groups -OCH3 is 1. The number of hydrogen-bond donors (Lipinski definition) is 6. The molecule has 200 valence electrons. The zero-order valence-corrected chi connectivity index (χ0v) is 21.1. The number of aromatic amines is 1. The third-order valence-electron chi connectivity index (χ3n) is 6.90. The molecule has 0 bridgehead atoms. The van der Waals surface area contributed by atoms with E-state index in [9.17, 15) is 30.3 Å². The lowest BCUT2D eigenvalue weighted by Gasteiger charge is -2.42. The largest absolute Gasteiger partial charge is 0.506 e. The quantitative estimate of drug-likeness (QED) is 0.245. The second-order valence-corrected chi connectivity index (χ2v) is 9.39. The number of aliphatic hydroxyl groups excluding tert-OH is 4. The van der Waals surface area contributed by atoms with Crippen molar-refractivity contribution in [3.05, 3.63) is 52.8 Å². The number of nitrogens with one attached hydrogen (secondary N) is 1. The maximum absolute atomic E-state index is 12.2. The average molecular weight is 516 g/mol. The molecule has 0 amide bonds. The van der Waals surface area contributed by atoms with Crippen molar-refractivity contribution in [1.29, 1.82) is 0 Å². The van der Waals surface area contributed by atoms with Crippen LogP contribution in [0.5, 0.6) is 17.2 Å². The van der Waals surface area contributed by atoms with Gasteiger partial charge in [-0.05, 0) is 48.4 Å². The van der Waals surface area contributed by atoms with Crippen LogP contribution >= 0.6 is 0 Å². The predicted octanol–water partition coefficient (Wildman–Crippen LogP) is 1.75. The fraction of sp³-hybridized carbons (Fsp3) is 0.444. The molecule has 1 aliphatic rings. The number of carbonyl (C=O) groups is 1. The molecule has 10 heteroatoms. The standard InChI is InChI=1S/C27H33NO9/c1-5-14-10-28-11-16(14)8-18(30)26-24(33)23(32)25(34)27(37-26)36-19-9-17(35-4)7-15-6-12(2)20(13(3)29)22(31)21(15)19/h6-7,9-11,18,23-28,30-34H,5,8H2,1-4H3. The number of aryl methyl sites for hydroxylation is 2. The summed E-state index contributed by atoms with van der Waals surface area (Å²) in [6, 6.07) is 4.81. The van der Waals surface area contributed by atoms with E-state index < -0.39 is 36.8 Å². The van der Waals surface area contributed by atoms with Crippen LogP contribution in [-0.2, 0) is 17.6 Å². The normalized spacial score (nSPS) is 24.7. The van der Waals surface area contributed by atoms with Crippen LogP contribution in [0, 0.1) is 6.92 Å². The van der Waals surface area contributed by atoms with E-state index in [2.05, 4.69) is 4.98 Å². The van der Waals surface area contributed by atoms with E-state index in [0.717, 1.165) is 17.5 Å². The summed E-state index contributed by atoms with van der Waals surface area (Å²) < 4.78 is 17.1. The maximum Gasteiger partial charge on any atom is 0.229 e. The zero-order chi connectivity index (χ0) is 27.0. The number of fused-ring (bicyclic) bond motifs is 1. The summed E-state index contributed by atoms with van der Waals surface area (Å²) in [4.78, 5) is 15.2. The van der Waals surface area contributed by atoms with Gasteiger partial charge in [-0.1, -0.05) is 13.0 Å². The van der Waals surface area contributed by atoms with Crippen molar-refractivity contribution in [2.24, 2.45) is 0 Å². The summed E-state index contributed by atoms with van der Waals surface area (Å²) in [5.74, 6) is -0.249. The van der Waals surface area contributed by atoms with E-state index in [-0.39, 0.29) is 34.7 Å². The number of ether oxygens (including phenoxy) is 3. The van der Waals surface area contributed by atoms with Gasteiger partial charge in [0, 0.05) is 24.9 Å². The summed E-state index contributed by atoms with van der Waals surface area (Å²) >= 11 is 0. The lowest BCUT2D eigenvalue weighted by Crippen LogP contribution is -2.62. The smallest absolute Gasteiger partial charge is 0.229 e. The Bertz CT molecular complexity index is 1290. The summed E-state index contributed by atoms with van der Waals surface area (Å²) in [5.41, 5.74) is 2.51. The molecule has 0 radical (unpaired) electrons. The summed E-state index contributed by atoms with van der Waals surface area (Å²) in [6.45, 7) is 5.01. The van der Waals surface area contributed by atoms with E-state index in [0.29, 0.717) is 16.7 Å². The highest BCUT2D eigenvalue weighted by Gasteiger charge is 2.47. The van der Waals surface area contributed by atoms with Crippen LogP contribution in [0.4, 0.5) is 0 Å². The number of phenolic OH excluding ortho intramolecular Hbond substituents is 1. The molecular formula is C27H33NO9. The van der Waals surface area contributed by atoms with Crippen LogP contribution in [-0.4, -0.2) is 80.2 Å². The van der Waals surface area contributed by atoms with E-state index in [1.54, 1.807) is 25.3 Å². The van der Waals surface area contributed by atoms with Gasteiger partial charge in [-0.3, -0.25) is 4.79 Å². The van der Waals surface area contributed by atoms with Crippen LogP contribution in [0.3, 0.4) is 0 Å². The molecule has 10 nitrogen and oxygen atoms in total. The highest BCUT2D eigenvalue weighted by molar-refractivity contribution is 6.07. The molecule has 0 saturated carbocycles. The summed E-state index contributed by atoms with van der Waals surface area (Å²) in [7, 11) is 1.45. The number of aromatic hydroxyl groups is 1. The number of aliphatic hydroxyl groups is 4. The van der Waals surface area contributed by atoms with Gasteiger partial charge in [0.15, 0.2) is 5.78 Å². The zero-order valence-electron chi connectivity index (χ0n) is 21.1. The molecule has 3 aromatic rings. The van der Waals surface area contributed by atoms with E-state index in [1.807, 2.05) is 13.1 Å². The minimum Gasteiger partial charge on any atom is -0.506 e. The first-order valence-corrected chi connectivity index (χ1v) is 12.1. The molecule has 6 atom stereocenters. The molecule has 1 fully saturated rings. The number of hydrogen-bond acceptors (Lipinski definition) is 9. The van der Waals surface area contributed by atoms with Crippen molar-refractivity contribution in [3.8, 4) is 17.2 Å². The first-order chi connectivity index (χ1) is 17.6. The van der Waals surface area contributed by atoms with Crippen molar-refractivity contribution in [2.75, 3.05) is 7.11 Å². The Morgan fingerprint density at radius 3 is 2.46 bits per heavy atom. The van der Waals surface area contributed by atoms with Gasteiger partial charge >= 0.3 is 0 Å². The van der Waals surface area contributed by atoms with Crippen LogP contribution in [0.25, 0.3) is 10.8 Å². The average Bonchev–Trinajstić information content (AvgIpc) is 3.30. The van der Waals surface area contributed by atoms with Gasteiger partial charge in [-0.15, -0.1) is 0 Å². The Hall–Kier alpha value is -3.15.